The number of hydrogen-bond acceptors (Lipinski definition) is 8. The van der Waals surface area contributed by atoms with Crippen LogP contribution in [0, 0.1) is 6.92 Å². The molecular weight excluding hydrogens is 270 g/mol. The van der Waals surface area contributed by atoms with Crippen LogP contribution in [0.2, 0.25) is 0 Å². The molecule has 1 aliphatic rings. The van der Waals surface area contributed by atoms with E-state index in [1.54, 1.807) is 6.20 Å². The summed E-state index contributed by atoms with van der Waals surface area (Å²) in [5.41, 5.74) is 0. The van der Waals surface area contributed by atoms with Crippen LogP contribution in [0.1, 0.15) is 12.7 Å². The monoisotopic (exact) mass is 289 g/mol. The number of anilines is 3. The lowest BCUT2D eigenvalue weighted by Gasteiger charge is -2.33. The summed E-state index contributed by atoms with van der Waals surface area (Å²) < 4.78 is 5.02. The maximum Gasteiger partial charge on any atom is 0.247 e. The molecule has 0 saturated carbocycles. The first-order valence-electron chi connectivity index (χ1n) is 7.12. The second-order valence-electron chi connectivity index (χ2n) is 5.01. The van der Waals surface area contributed by atoms with Gasteiger partial charge in [0, 0.05) is 32.2 Å². The minimum absolute atomic E-state index is 0.617. The number of nitrogens with zero attached hydrogens (tertiary/aromatic N) is 6. The highest BCUT2D eigenvalue weighted by Crippen LogP contribution is 2.16. The molecule has 0 unspecified atom stereocenters. The Labute approximate surface area is 123 Å². The molecule has 2 aromatic rings. The van der Waals surface area contributed by atoms with Crippen LogP contribution in [0.25, 0.3) is 0 Å². The number of aryl methyl sites for hydroxylation is 1. The van der Waals surface area contributed by atoms with Gasteiger partial charge in [0.05, 0.1) is 6.20 Å². The van der Waals surface area contributed by atoms with Crippen LogP contribution in [0.3, 0.4) is 0 Å². The van der Waals surface area contributed by atoms with Crippen molar-refractivity contribution in [3.05, 3.63) is 18.0 Å². The lowest BCUT2D eigenvalue weighted by Crippen LogP contribution is -2.46. The highest BCUT2D eigenvalue weighted by Gasteiger charge is 2.18. The Balaban J connectivity index is 1.68. The fourth-order valence-corrected chi connectivity index (χ4v) is 2.31. The van der Waals surface area contributed by atoms with Crippen molar-refractivity contribution in [3.63, 3.8) is 0 Å². The van der Waals surface area contributed by atoms with E-state index < -0.39 is 0 Å². The number of aromatic nitrogens is 4. The Bertz CT molecular complexity index is 592. The topological polar surface area (TPSA) is 83.2 Å². The molecule has 1 aliphatic heterocycles. The van der Waals surface area contributed by atoms with Gasteiger partial charge in [-0.05, 0) is 13.5 Å². The summed E-state index contributed by atoms with van der Waals surface area (Å²) in [6.45, 7) is 9.00. The minimum atomic E-state index is 0.617. The highest BCUT2D eigenvalue weighted by molar-refractivity contribution is 5.51. The molecule has 0 bridgehead atoms. The zero-order valence-corrected chi connectivity index (χ0v) is 12.3. The van der Waals surface area contributed by atoms with E-state index in [0.717, 1.165) is 38.5 Å². The maximum atomic E-state index is 5.02. The molecule has 0 aliphatic carbocycles. The fraction of sp³-hybridized carbons (Fsp3) is 0.538. The molecule has 3 rings (SSSR count). The second-order valence-corrected chi connectivity index (χ2v) is 5.01. The Hall–Kier alpha value is -2.22. The van der Waals surface area contributed by atoms with Crippen molar-refractivity contribution in [2.75, 3.05) is 42.9 Å². The van der Waals surface area contributed by atoms with Gasteiger partial charge >= 0.3 is 0 Å². The Morgan fingerprint density at radius 2 is 2.05 bits per heavy atom. The van der Waals surface area contributed by atoms with Crippen LogP contribution < -0.4 is 10.2 Å². The molecule has 1 N–H and O–H groups in total. The van der Waals surface area contributed by atoms with Crippen molar-refractivity contribution in [1.82, 2.24) is 25.2 Å². The molecule has 0 radical (unpaired) electrons. The third kappa shape index (κ3) is 3.27. The molecule has 112 valence electrons. The number of rotatable bonds is 4. The molecule has 0 aromatic carbocycles. The van der Waals surface area contributed by atoms with E-state index in [1.165, 1.54) is 0 Å². The van der Waals surface area contributed by atoms with Crippen molar-refractivity contribution in [1.29, 1.82) is 0 Å². The molecule has 8 nitrogen and oxygen atoms in total. The van der Waals surface area contributed by atoms with Gasteiger partial charge in [0.2, 0.25) is 5.95 Å². The van der Waals surface area contributed by atoms with Crippen molar-refractivity contribution < 1.29 is 4.52 Å². The summed E-state index contributed by atoms with van der Waals surface area (Å²) in [5.74, 6) is 2.63. The predicted molar refractivity (Wildman–Crippen MR) is 78.7 cm³/mol. The van der Waals surface area contributed by atoms with Crippen LogP contribution in [-0.2, 0) is 0 Å². The van der Waals surface area contributed by atoms with Gasteiger partial charge in [-0.15, -0.1) is 5.10 Å². The lowest BCUT2D eigenvalue weighted by atomic mass is 10.3. The van der Waals surface area contributed by atoms with Gasteiger partial charge < -0.3 is 19.6 Å². The van der Waals surface area contributed by atoms with Crippen LogP contribution >= 0.6 is 0 Å². The summed E-state index contributed by atoms with van der Waals surface area (Å²) in [4.78, 5) is 9.05. The Kier molecular flexibility index (Phi) is 3.96. The molecule has 2 aromatic heterocycles. The number of hydrogen-bond donors (Lipinski definition) is 1. The molecule has 1 fully saturated rings. The van der Waals surface area contributed by atoms with Gasteiger partial charge in [-0.3, -0.25) is 0 Å². The molecular formula is C13H19N7O. The van der Waals surface area contributed by atoms with Crippen molar-refractivity contribution in [2.24, 2.45) is 0 Å². The summed E-state index contributed by atoms with van der Waals surface area (Å²) in [7, 11) is 0. The smallest absolute Gasteiger partial charge is 0.247 e. The molecule has 0 atom stereocenters. The summed E-state index contributed by atoms with van der Waals surface area (Å²) in [6.07, 6.45) is 1.58. The molecule has 8 heteroatoms. The maximum absolute atomic E-state index is 5.02. The van der Waals surface area contributed by atoms with E-state index in [9.17, 15) is 0 Å². The Morgan fingerprint density at radius 3 is 2.71 bits per heavy atom. The standard InChI is InChI=1S/C13H19N7O/c1-3-19-4-6-20(7-5-19)13-16-12(9-14-17-13)15-11-8-10(2)21-18-11/h8-9H,3-7H2,1-2H3,(H,15,16,17,18). The van der Waals surface area contributed by atoms with Gasteiger partial charge in [0.25, 0.3) is 0 Å². The van der Waals surface area contributed by atoms with Crippen LogP contribution in [0.4, 0.5) is 17.6 Å². The molecule has 3 heterocycles. The van der Waals surface area contributed by atoms with E-state index in [0.29, 0.717) is 17.6 Å². The fourth-order valence-electron chi connectivity index (χ4n) is 2.31. The van der Waals surface area contributed by atoms with Crippen LogP contribution in [0.5, 0.6) is 0 Å². The van der Waals surface area contributed by atoms with Gasteiger partial charge in [-0.25, -0.2) is 0 Å². The van der Waals surface area contributed by atoms with E-state index in [4.69, 9.17) is 4.52 Å². The normalized spacial score (nSPS) is 16.2. The van der Waals surface area contributed by atoms with Crippen molar-refractivity contribution in [2.45, 2.75) is 13.8 Å². The summed E-state index contributed by atoms with van der Waals surface area (Å²) in [6, 6.07) is 1.81. The quantitative estimate of drug-likeness (QED) is 0.894. The molecule has 21 heavy (non-hydrogen) atoms. The third-order valence-electron chi connectivity index (χ3n) is 3.53. The first-order valence-corrected chi connectivity index (χ1v) is 7.12. The zero-order chi connectivity index (χ0) is 14.7. The van der Waals surface area contributed by atoms with Gasteiger partial charge in [-0.1, -0.05) is 12.1 Å². The number of nitrogens with one attached hydrogen (secondary N) is 1. The average molecular weight is 289 g/mol. The molecule has 0 amide bonds. The molecule has 0 spiro atoms. The van der Waals surface area contributed by atoms with Crippen LogP contribution in [0.15, 0.2) is 16.8 Å². The molecule has 1 saturated heterocycles. The first-order chi connectivity index (χ1) is 10.2. The van der Waals surface area contributed by atoms with Gasteiger partial charge in [-0.2, -0.15) is 10.1 Å². The Morgan fingerprint density at radius 1 is 1.24 bits per heavy atom. The van der Waals surface area contributed by atoms with E-state index >= 15 is 0 Å². The lowest BCUT2D eigenvalue weighted by molar-refractivity contribution is 0.269. The van der Waals surface area contributed by atoms with Gasteiger partial charge in [0.1, 0.15) is 5.76 Å². The predicted octanol–water partition coefficient (Wildman–Crippen LogP) is 1.05. The van der Waals surface area contributed by atoms with E-state index in [2.05, 4.69) is 42.4 Å². The second kappa shape index (κ2) is 6.04. The zero-order valence-electron chi connectivity index (χ0n) is 12.3. The highest BCUT2D eigenvalue weighted by atomic mass is 16.5. The summed E-state index contributed by atoms with van der Waals surface area (Å²) in [5, 5.41) is 15.1. The van der Waals surface area contributed by atoms with Crippen LogP contribution in [-0.4, -0.2) is 58.0 Å². The van der Waals surface area contributed by atoms with Gasteiger partial charge in [0.15, 0.2) is 11.6 Å². The average Bonchev–Trinajstić information content (AvgIpc) is 2.93. The first kappa shape index (κ1) is 13.7. The van der Waals surface area contributed by atoms with Crippen molar-refractivity contribution in [3.8, 4) is 0 Å². The minimum Gasteiger partial charge on any atom is -0.360 e. The van der Waals surface area contributed by atoms with E-state index in [-0.39, 0.29) is 0 Å². The number of likely N-dealkylation sites (N-methyl/N-ethyl adjacent to an activating group) is 1. The largest absolute Gasteiger partial charge is 0.360 e. The SMILES string of the molecule is CCN1CCN(c2nncc(Nc3cc(C)on3)n2)CC1. The third-order valence-corrected chi connectivity index (χ3v) is 3.53. The number of piperazine rings is 1. The summed E-state index contributed by atoms with van der Waals surface area (Å²) >= 11 is 0. The van der Waals surface area contributed by atoms with Crippen molar-refractivity contribution >= 4 is 17.6 Å². The van der Waals surface area contributed by atoms with E-state index in [1.807, 2.05) is 13.0 Å².